The Labute approximate surface area is 125 Å². The van der Waals surface area contributed by atoms with Gasteiger partial charge in [-0.05, 0) is 32.9 Å². The largest absolute Gasteiger partial charge is 0.490 e. The lowest BCUT2D eigenvalue weighted by Crippen LogP contribution is -2.23. The van der Waals surface area contributed by atoms with Gasteiger partial charge in [0.1, 0.15) is 5.84 Å². The minimum absolute atomic E-state index is 0.0454. The fourth-order valence-corrected chi connectivity index (χ4v) is 2.41. The van der Waals surface area contributed by atoms with Gasteiger partial charge >= 0.3 is 0 Å². The third kappa shape index (κ3) is 3.18. The van der Waals surface area contributed by atoms with E-state index in [1.807, 2.05) is 40.0 Å². The highest BCUT2D eigenvalue weighted by Crippen LogP contribution is 2.38. The number of rotatable bonds is 5. The molecule has 0 aromatic heterocycles. The first-order chi connectivity index (χ1) is 9.52. The number of aliphatic imine (C=N–C) groups is 1. The molecule has 0 radical (unpaired) electrons. The third-order valence-corrected chi connectivity index (χ3v) is 3.26. The highest BCUT2D eigenvalue weighted by molar-refractivity contribution is 6.32. The van der Waals surface area contributed by atoms with E-state index in [1.54, 1.807) is 0 Å². The van der Waals surface area contributed by atoms with Crippen LogP contribution in [0.4, 0.5) is 0 Å². The van der Waals surface area contributed by atoms with Crippen LogP contribution in [-0.2, 0) is 0 Å². The van der Waals surface area contributed by atoms with E-state index >= 15 is 0 Å². The smallest absolute Gasteiger partial charge is 0.180 e. The summed E-state index contributed by atoms with van der Waals surface area (Å²) in [5, 5.41) is 0.558. The van der Waals surface area contributed by atoms with Gasteiger partial charge in [-0.15, -0.1) is 0 Å². The molecular formula is C15H21ClN2O2. The molecule has 1 aliphatic rings. The van der Waals surface area contributed by atoms with Crippen LogP contribution in [0, 0.1) is 0 Å². The molecule has 0 bridgehead atoms. The molecule has 5 heteroatoms. The average Bonchev–Trinajstić information content (AvgIpc) is 2.79. The van der Waals surface area contributed by atoms with Gasteiger partial charge in [0.2, 0.25) is 0 Å². The Balaban J connectivity index is 2.41. The molecule has 0 unspecified atom stereocenters. The number of hydrogen-bond acceptors (Lipinski definition) is 4. The quantitative estimate of drug-likeness (QED) is 0.836. The summed E-state index contributed by atoms with van der Waals surface area (Å²) in [4.78, 5) is 6.62. The van der Waals surface area contributed by atoms with Crippen LogP contribution in [0.25, 0.3) is 0 Å². The van der Waals surface area contributed by atoms with Crippen molar-refractivity contribution in [1.82, 2.24) is 4.90 Å². The summed E-state index contributed by atoms with van der Waals surface area (Å²) in [6.07, 6.45) is 0.0454. The molecule has 1 heterocycles. The highest BCUT2D eigenvalue weighted by atomic mass is 35.5. The van der Waals surface area contributed by atoms with Gasteiger partial charge in [-0.1, -0.05) is 11.6 Å². The van der Waals surface area contributed by atoms with Crippen molar-refractivity contribution >= 4 is 17.4 Å². The minimum Gasteiger partial charge on any atom is -0.490 e. The summed E-state index contributed by atoms with van der Waals surface area (Å²) < 4.78 is 11.4. The molecule has 1 aromatic carbocycles. The van der Waals surface area contributed by atoms with Crippen molar-refractivity contribution in [1.29, 1.82) is 0 Å². The summed E-state index contributed by atoms with van der Waals surface area (Å²) in [6, 6.07) is 3.84. The normalized spacial score (nSPS) is 14.7. The van der Waals surface area contributed by atoms with Crippen LogP contribution in [0.5, 0.6) is 11.5 Å². The molecule has 20 heavy (non-hydrogen) atoms. The second-order valence-corrected chi connectivity index (χ2v) is 5.42. The van der Waals surface area contributed by atoms with Crippen LogP contribution in [0.2, 0.25) is 5.02 Å². The van der Waals surface area contributed by atoms with Crippen LogP contribution >= 0.6 is 11.6 Å². The lowest BCUT2D eigenvalue weighted by atomic mass is 10.1. The van der Waals surface area contributed by atoms with Crippen molar-refractivity contribution in [3.63, 3.8) is 0 Å². The van der Waals surface area contributed by atoms with Gasteiger partial charge < -0.3 is 14.4 Å². The second kappa shape index (κ2) is 6.35. The van der Waals surface area contributed by atoms with Gasteiger partial charge in [0.25, 0.3) is 0 Å². The first kappa shape index (κ1) is 15.0. The van der Waals surface area contributed by atoms with E-state index in [1.165, 1.54) is 0 Å². The van der Waals surface area contributed by atoms with E-state index in [0.29, 0.717) is 23.1 Å². The Morgan fingerprint density at radius 3 is 2.70 bits per heavy atom. The summed E-state index contributed by atoms with van der Waals surface area (Å²) >= 11 is 6.36. The molecule has 1 aliphatic heterocycles. The predicted octanol–water partition coefficient (Wildman–Crippen LogP) is 3.22. The van der Waals surface area contributed by atoms with E-state index in [9.17, 15) is 0 Å². The molecule has 0 spiro atoms. The SMILES string of the molecule is CCOc1cc(C2=NCCN2C)cc(Cl)c1OC(C)C. The summed E-state index contributed by atoms with van der Waals surface area (Å²) in [5.41, 5.74) is 0.967. The molecule has 0 aliphatic carbocycles. The fourth-order valence-electron chi connectivity index (χ4n) is 2.15. The molecule has 0 amide bonds. The topological polar surface area (TPSA) is 34.1 Å². The lowest BCUT2D eigenvalue weighted by molar-refractivity contribution is 0.224. The van der Waals surface area contributed by atoms with Crippen LogP contribution < -0.4 is 9.47 Å². The average molecular weight is 297 g/mol. The molecule has 0 saturated heterocycles. The van der Waals surface area contributed by atoms with Crippen molar-refractivity contribution in [3.05, 3.63) is 22.7 Å². The third-order valence-electron chi connectivity index (χ3n) is 2.98. The summed E-state index contributed by atoms with van der Waals surface area (Å²) in [7, 11) is 2.03. The number of benzene rings is 1. The van der Waals surface area contributed by atoms with Crippen molar-refractivity contribution < 1.29 is 9.47 Å². The van der Waals surface area contributed by atoms with Crippen molar-refractivity contribution in [2.24, 2.45) is 4.99 Å². The lowest BCUT2D eigenvalue weighted by Gasteiger charge is -2.19. The van der Waals surface area contributed by atoms with E-state index in [0.717, 1.165) is 24.5 Å². The van der Waals surface area contributed by atoms with Gasteiger partial charge in [-0.25, -0.2) is 0 Å². The fraction of sp³-hybridized carbons (Fsp3) is 0.533. The number of halogens is 1. The van der Waals surface area contributed by atoms with Crippen molar-refractivity contribution in [2.45, 2.75) is 26.9 Å². The standard InChI is InChI=1S/C15H21ClN2O2/c1-5-19-13-9-11(15-17-6-7-18(15)4)8-12(16)14(13)20-10(2)3/h8-10H,5-7H2,1-4H3. The molecule has 1 aromatic rings. The monoisotopic (exact) mass is 296 g/mol. The molecule has 2 rings (SSSR count). The van der Waals surface area contributed by atoms with Gasteiger partial charge in [-0.3, -0.25) is 4.99 Å². The number of amidine groups is 1. The Hall–Kier alpha value is -1.42. The number of likely N-dealkylation sites (N-methyl/N-ethyl adjacent to an activating group) is 1. The molecule has 110 valence electrons. The zero-order valence-corrected chi connectivity index (χ0v) is 13.2. The molecule has 0 N–H and O–H groups in total. The van der Waals surface area contributed by atoms with E-state index in [4.69, 9.17) is 21.1 Å². The van der Waals surface area contributed by atoms with E-state index in [-0.39, 0.29) is 6.10 Å². The molecule has 0 fully saturated rings. The number of ether oxygens (including phenoxy) is 2. The van der Waals surface area contributed by atoms with Gasteiger partial charge in [0.05, 0.1) is 24.3 Å². The second-order valence-electron chi connectivity index (χ2n) is 5.01. The summed E-state index contributed by atoms with van der Waals surface area (Å²) in [5.74, 6) is 2.23. The van der Waals surface area contributed by atoms with Crippen LogP contribution in [0.3, 0.4) is 0 Å². The first-order valence-electron chi connectivity index (χ1n) is 6.91. The first-order valence-corrected chi connectivity index (χ1v) is 7.29. The molecule has 0 atom stereocenters. The molecule has 4 nitrogen and oxygen atoms in total. The van der Waals surface area contributed by atoms with E-state index in [2.05, 4.69) is 9.89 Å². The van der Waals surface area contributed by atoms with Crippen LogP contribution in [0.15, 0.2) is 17.1 Å². The van der Waals surface area contributed by atoms with Crippen molar-refractivity contribution in [2.75, 3.05) is 26.7 Å². The molecular weight excluding hydrogens is 276 g/mol. The number of hydrogen-bond donors (Lipinski definition) is 0. The Morgan fingerprint density at radius 2 is 2.15 bits per heavy atom. The minimum atomic E-state index is 0.0454. The Bertz CT molecular complexity index is 515. The maximum absolute atomic E-state index is 6.36. The van der Waals surface area contributed by atoms with Gasteiger partial charge in [0, 0.05) is 19.2 Å². The predicted molar refractivity (Wildman–Crippen MR) is 82.4 cm³/mol. The maximum atomic E-state index is 6.36. The summed E-state index contributed by atoms with van der Waals surface area (Å²) in [6.45, 7) is 8.19. The number of nitrogens with zero attached hydrogens (tertiary/aromatic N) is 2. The van der Waals surface area contributed by atoms with Gasteiger partial charge in [0.15, 0.2) is 11.5 Å². The zero-order chi connectivity index (χ0) is 14.7. The van der Waals surface area contributed by atoms with Crippen LogP contribution in [0.1, 0.15) is 26.3 Å². The maximum Gasteiger partial charge on any atom is 0.180 e. The Morgan fingerprint density at radius 1 is 1.40 bits per heavy atom. The highest BCUT2D eigenvalue weighted by Gasteiger charge is 2.20. The zero-order valence-electron chi connectivity index (χ0n) is 12.4. The van der Waals surface area contributed by atoms with Crippen LogP contribution in [-0.4, -0.2) is 43.6 Å². The van der Waals surface area contributed by atoms with Crippen molar-refractivity contribution in [3.8, 4) is 11.5 Å². The van der Waals surface area contributed by atoms with E-state index < -0.39 is 0 Å². The molecule has 0 saturated carbocycles. The Kier molecular flexibility index (Phi) is 4.76. The van der Waals surface area contributed by atoms with Gasteiger partial charge in [-0.2, -0.15) is 0 Å².